The fourth-order valence-electron chi connectivity index (χ4n) is 3.59. The van der Waals surface area contributed by atoms with Crippen LogP contribution in [0.4, 0.5) is 0 Å². The van der Waals surface area contributed by atoms with Crippen LogP contribution in [0, 0.1) is 0 Å². The van der Waals surface area contributed by atoms with Gasteiger partial charge in [-0.25, -0.2) is 0 Å². The molecule has 4 aromatic carbocycles. The summed E-state index contributed by atoms with van der Waals surface area (Å²) in [7, 11) is 3.18. The Morgan fingerprint density at radius 1 is 0.639 bits per heavy atom. The SMILES string of the molecule is COc1ccc(C=CC(=O)c2ccc(OC)c(OCc3ccccc3)c2)cc1OCc1ccccc1. The second kappa shape index (κ2) is 12.3. The third-order valence-electron chi connectivity index (χ3n) is 5.54. The van der Waals surface area contributed by atoms with Crippen LogP contribution in [0.2, 0.25) is 0 Å². The fraction of sp³-hybridized carbons (Fsp3) is 0.129. The van der Waals surface area contributed by atoms with E-state index >= 15 is 0 Å². The summed E-state index contributed by atoms with van der Waals surface area (Å²) in [6, 6.07) is 30.5. The van der Waals surface area contributed by atoms with Gasteiger partial charge in [0.05, 0.1) is 14.2 Å². The Labute approximate surface area is 211 Å². The zero-order chi connectivity index (χ0) is 25.2. The second-order valence-corrected chi connectivity index (χ2v) is 8.02. The summed E-state index contributed by atoms with van der Waals surface area (Å²) in [4.78, 5) is 12.9. The molecule has 182 valence electrons. The highest BCUT2D eigenvalue weighted by Gasteiger charge is 2.11. The highest BCUT2D eigenvalue weighted by atomic mass is 16.5. The van der Waals surface area contributed by atoms with Gasteiger partial charge in [-0.2, -0.15) is 0 Å². The van der Waals surface area contributed by atoms with E-state index in [0.717, 1.165) is 16.7 Å². The molecule has 0 aliphatic carbocycles. The van der Waals surface area contributed by atoms with E-state index < -0.39 is 0 Å². The smallest absolute Gasteiger partial charge is 0.185 e. The lowest BCUT2D eigenvalue weighted by molar-refractivity contribution is 0.104. The zero-order valence-electron chi connectivity index (χ0n) is 20.3. The van der Waals surface area contributed by atoms with Gasteiger partial charge in [0, 0.05) is 5.56 Å². The Morgan fingerprint density at radius 2 is 1.17 bits per heavy atom. The van der Waals surface area contributed by atoms with E-state index in [0.29, 0.717) is 41.8 Å². The summed E-state index contributed by atoms with van der Waals surface area (Å²) < 4.78 is 22.8. The molecule has 0 amide bonds. The normalized spacial score (nSPS) is 10.7. The van der Waals surface area contributed by atoms with Crippen LogP contribution in [0.1, 0.15) is 27.0 Å². The molecule has 4 rings (SSSR count). The third-order valence-corrected chi connectivity index (χ3v) is 5.54. The maximum atomic E-state index is 12.9. The maximum Gasteiger partial charge on any atom is 0.185 e. The van der Waals surface area contributed by atoms with Crippen molar-refractivity contribution < 1.29 is 23.7 Å². The lowest BCUT2D eigenvalue weighted by atomic mass is 10.1. The van der Waals surface area contributed by atoms with Crippen molar-refractivity contribution in [2.75, 3.05) is 14.2 Å². The van der Waals surface area contributed by atoms with Gasteiger partial charge < -0.3 is 18.9 Å². The average Bonchev–Trinajstić information content (AvgIpc) is 2.94. The van der Waals surface area contributed by atoms with Gasteiger partial charge in [-0.1, -0.05) is 72.8 Å². The number of allylic oxidation sites excluding steroid dienone is 1. The molecule has 0 aliphatic heterocycles. The van der Waals surface area contributed by atoms with Crippen LogP contribution >= 0.6 is 0 Å². The van der Waals surface area contributed by atoms with Gasteiger partial charge >= 0.3 is 0 Å². The second-order valence-electron chi connectivity index (χ2n) is 8.02. The van der Waals surface area contributed by atoms with Crippen molar-refractivity contribution in [3.8, 4) is 23.0 Å². The minimum atomic E-state index is -0.148. The first-order valence-corrected chi connectivity index (χ1v) is 11.6. The van der Waals surface area contributed by atoms with Crippen LogP contribution in [0.5, 0.6) is 23.0 Å². The quantitative estimate of drug-likeness (QED) is 0.175. The molecule has 0 saturated heterocycles. The Kier molecular flexibility index (Phi) is 8.39. The molecule has 0 aromatic heterocycles. The van der Waals surface area contributed by atoms with Crippen molar-refractivity contribution in [2.45, 2.75) is 13.2 Å². The zero-order valence-corrected chi connectivity index (χ0v) is 20.3. The van der Waals surface area contributed by atoms with Crippen molar-refractivity contribution in [1.29, 1.82) is 0 Å². The predicted molar refractivity (Wildman–Crippen MR) is 141 cm³/mol. The Morgan fingerprint density at radius 3 is 1.72 bits per heavy atom. The number of hydrogen-bond acceptors (Lipinski definition) is 5. The minimum absolute atomic E-state index is 0.148. The molecule has 0 fully saturated rings. The van der Waals surface area contributed by atoms with E-state index in [1.807, 2.05) is 78.9 Å². The number of carbonyl (C=O) groups excluding carboxylic acids is 1. The molecule has 0 saturated carbocycles. The van der Waals surface area contributed by atoms with Crippen LogP contribution in [-0.4, -0.2) is 20.0 Å². The Bertz CT molecular complexity index is 1310. The number of ketones is 1. The van der Waals surface area contributed by atoms with Gasteiger partial charge in [-0.05, 0) is 53.1 Å². The molecule has 0 bridgehead atoms. The highest BCUT2D eigenvalue weighted by Crippen LogP contribution is 2.31. The lowest BCUT2D eigenvalue weighted by Gasteiger charge is -2.12. The molecule has 0 unspecified atom stereocenters. The highest BCUT2D eigenvalue weighted by molar-refractivity contribution is 6.07. The van der Waals surface area contributed by atoms with Gasteiger partial charge in [0.15, 0.2) is 28.8 Å². The third kappa shape index (κ3) is 6.54. The van der Waals surface area contributed by atoms with Gasteiger partial charge in [-0.15, -0.1) is 0 Å². The molecule has 0 N–H and O–H groups in total. The lowest BCUT2D eigenvalue weighted by Crippen LogP contribution is -2.01. The van der Waals surface area contributed by atoms with Crippen LogP contribution < -0.4 is 18.9 Å². The standard InChI is InChI=1S/C31H28O5/c1-33-28-17-14-23(19-30(28)35-21-24-9-5-3-6-10-24)13-16-27(32)26-15-18-29(34-2)31(20-26)36-22-25-11-7-4-8-12-25/h3-20H,21-22H2,1-2H3. The predicted octanol–water partition coefficient (Wildman–Crippen LogP) is 6.76. The molecule has 4 aromatic rings. The molecule has 5 heteroatoms. The number of ether oxygens (including phenoxy) is 4. The van der Waals surface area contributed by atoms with Gasteiger partial charge in [0.2, 0.25) is 0 Å². The summed E-state index contributed by atoms with van der Waals surface area (Å²) in [6.07, 6.45) is 3.29. The van der Waals surface area contributed by atoms with Crippen LogP contribution in [0.3, 0.4) is 0 Å². The van der Waals surface area contributed by atoms with Crippen LogP contribution in [0.25, 0.3) is 6.08 Å². The van der Waals surface area contributed by atoms with Crippen molar-refractivity contribution in [3.05, 3.63) is 125 Å². The fourth-order valence-corrected chi connectivity index (χ4v) is 3.59. The van der Waals surface area contributed by atoms with Gasteiger partial charge in [-0.3, -0.25) is 4.79 Å². The van der Waals surface area contributed by atoms with E-state index in [2.05, 4.69) is 0 Å². The summed E-state index contributed by atoms with van der Waals surface area (Å²) >= 11 is 0. The van der Waals surface area contributed by atoms with E-state index in [-0.39, 0.29) is 5.78 Å². The van der Waals surface area contributed by atoms with Gasteiger partial charge in [0.25, 0.3) is 0 Å². The summed E-state index contributed by atoms with van der Waals surface area (Å²) in [5, 5.41) is 0. The molecule has 0 aliphatic rings. The molecular formula is C31H28O5. The van der Waals surface area contributed by atoms with Gasteiger partial charge in [0.1, 0.15) is 13.2 Å². The van der Waals surface area contributed by atoms with Crippen molar-refractivity contribution in [2.24, 2.45) is 0 Å². The van der Waals surface area contributed by atoms with E-state index in [1.165, 1.54) is 6.08 Å². The largest absolute Gasteiger partial charge is 0.493 e. The number of rotatable bonds is 11. The number of methoxy groups -OCH3 is 2. The summed E-state index contributed by atoms with van der Waals surface area (Å²) in [5.41, 5.74) is 3.41. The average molecular weight is 481 g/mol. The Hall–Kier alpha value is -4.51. The first kappa shape index (κ1) is 24.6. The van der Waals surface area contributed by atoms with E-state index in [1.54, 1.807) is 38.5 Å². The summed E-state index contributed by atoms with van der Waals surface area (Å²) in [5.74, 6) is 2.18. The van der Waals surface area contributed by atoms with Crippen molar-refractivity contribution in [1.82, 2.24) is 0 Å². The first-order valence-electron chi connectivity index (χ1n) is 11.6. The molecule has 0 radical (unpaired) electrons. The number of benzene rings is 4. The molecule has 0 atom stereocenters. The van der Waals surface area contributed by atoms with Crippen LogP contribution in [-0.2, 0) is 13.2 Å². The maximum absolute atomic E-state index is 12.9. The summed E-state index contributed by atoms with van der Waals surface area (Å²) in [6.45, 7) is 0.795. The minimum Gasteiger partial charge on any atom is -0.493 e. The number of carbonyl (C=O) groups is 1. The molecule has 0 spiro atoms. The van der Waals surface area contributed by atoms with E-state index in [4.69, 9.17) is 18.9 Å². The molecule has 5 nitrogen and oxygen atoms in total. The number of hydrogen-bond donors (Lipinski definition) is 0. The molecule has 0 heterocycles. The Balaban J connectivity index is 1.47. The van der Waals surface area contributed by atoms with Crippen molar-refractivity contribution in [3.63, 3.8) is 0 Å². The topological polar surface area (TPSA) is 54.0 Å². The van der Waals surface area contributed by atoms with Crippen molar-refractivity contribution >= 4 is 11.9 Å². The first-order chi connectivity index (χ1) is 17.7. The monoisotopic (exact) mass is 480 g/mol. The molecule has 36 heavy (non-hydrogen) atoms. The molecular weight excluding hydrogens is 452 g/mol. The van der Waals surface area contributed by atoms with E-state index in [9.17, 15) is 4.79 Å². The van der Waals surface area contributed by atoms with Crippen LogP contribution in [0.15, 0.2) is 103 Å².